The van der Waals surface area contributed by atoms with E-state index in [1.54, 1.807) is 24.8 Å². The van der Waals surface area contributed by atoms with Crippen LogP contribution in [0.25, 0.3) is 0 Å². The lowest BCUT2D eigenvalue weighted by Crippen LogP contribution is -2.25. The summed E-state index contributed by atoms with van der Waals surface area (Å²) in [5.74, 6) is 0. The molecule has 0 atom stereocenters. The van der Waals surface area contributed by atoms with Crippen LogP contribution in [0.15, 0.2) is 0 Å². The number of carbonyl (C=O) groups excluding carboxylic acids is 2. The predicted octanol–water partition coefficient (Wildman–Crippen LogP) is 0.999. The van der Waals surface area contributed by atoms with E-state index in [2.05, 4.69) is 18.7 Å². The molecule has 0 aromatic rings. The Hall–Kier alpha value is -1.44. The largest absolute Gasteiger partial charge is 0.746 e. The van der Waals surface area contributed by atoms with Gasteiger partial charge in [-0.15, -0.1) is 11.0 Å². The van der Waals surface area contributed by atoms with Crippen molar-refractivity contribution in [3.8, 4) is 0 Å². The van der Waals surface area contributed by atoms with E-state index in [9.17, 15) is 14.2 Å². The van der Waals surface area contributed by atoms with E-state index in [-0.39, 0.29) is 13.2 Å². The smallest absolute Gasteiger partial charge is 0.448 e. The van der Waals surface area contributed by atoms with Crippen LogP contribution in [0, 0.1) is 0 Å². The van der Waals surface area contributed by atoms with Crippen molar-refractivity contribution in [2.24, 2.45) is 0 Å². The molecule has 0 fully saturated rings. The summed E-state index contributed by atoms with van der Waals surface area (Å²) < 4.78 is 27.9. The number of rotatable bonds is 6. The molecule has 2 N–H and O–H groups in total. The lowest BCUT2D eigenvalue weighted by Gasteiger charge is -1.98. The van der Waals surface area contributed by atoms with Gasteiger partial charge in [-0.3, -0.25) is 0 Å². The molecule has 0 aromatic carbocycles. The first kappa shape index (κ1) is 14.6. The van der Waals surface area contributed by atoms with E-state index < -0.39 is 20.4 Å². The highest BCUT2D eigenvalue weighted by atomic mass is 31.1. The number of hydroxylamine groups is 2. The number of amides is 2. The minimum absolute atomic E-state index is 0.133. The fraction of sp³-hybridized carbons (Fsp3) is 0.667. The van der Waals surface area contributed by atoms with Gasteiger partial charge in [0.15, 0.2) is 0 Å². The van der Waals surface area contributed by atoms with Gasteiger partial charge in [0.25, 0.3) is 0 Å². The Kier molecular flexibility index (Phi) is 8.04. The maximum Gasteiger partial charge on any atom is 0.746 e. The number of ether oxygens (including phenoxy) is 2. The summed E-state index contributed by atoms with van der Waals surface area (Å²) in [6, 6.07) is 0. The van der Waals surface area contributed by atoms with Crippen molar-refractivity contribution in [1.29, 1.82) is 0 Å². The highest BCUT2D eigenvalue weighted by Crippen LogP contribution is 2.19. The molecule has 0 spiro atoms. The lowest BCUT2D eigenvalue weighted by atomic mass is 10.9. The zero-order valence-electron chi connectivity index (χ0n) is 8.72. The van der Waals surface area contributed by atoms with Gasteiger partial charge in [-0.1, -0.05) is 0 Å². The van der Waals surface area contributed by atoms with Crippen molar-refractivity contribution in [2.45, 2.75) is 13.8 Å². The highest BCUT2D eigenvalue weighted by Gasteiger charge is 2.25. The van der Waals surface area contributed by atoms with Crippen molar-refractivity contribution in [2.75, 3.05) is 13.2 Å². The van der Waals surface area contributed by atoms with Gasteiger partial charge < -0.3 is 9.47 Å². The second-order valence-corrected chi connectivity index (χ2v) is 2.86. The van der Waals surface area contributed by atoms with E-state index in [1.165, 1.54) is 0 Å². The third-order valence-electron chi connectivity index (χ3n) is 0.958. The number of hydrogen-bond acceptors (Lipinski definition) is 7. The minimum atomic E-state index is -2.74. The van der Waals surface area contributed by atoms with Crippen molar-refractivity contribution in [1.82, 2.24) is 11.0 Å². The van der Waals surface area contributed by atoms with Gasteiger partial charge in [0.1, 0.15) is 0 Å². The fourth-order valence-electron chi connectivity index (χ4n) is 0.489. The molecule has 0 saturated carbocycles. The molecule has 0 heterocycles. The Morgan fingerprint density at radius 3 is 1.69 bits per heavy atom. The normalized spacial score (nSPS) is 9.12. The molecule has 2 amide bonds. The van der Waals surface area contributed by atoms with Crippen LogP contribution in [0.5, 0.6) is 0 Å². The predicted molar refractivity (Wildman–Crippen MR) is 50.1 cm³/mol. The average Bonchev–Trinajstić information content (AvgIpc) is 2.24. The molecular formula is C6H12N2O7P+. The van der Waals surface area contributed by atoms with Gasteiger partial charge in [0, 0.05) is 13.8 Å². The Labute approximate surface area is 92.2 Å². The van der Waals surface area contributed by atoms with E-state index in [4.69, 9.17) is 0 Å². The van der Waals surface area contributed by atoms with E-state index in [1.807, 2.05) is 0 Å². The van der Waals surface area contributed by atoms with Crippen molar-refractivity contribution < 1.29 is 32.9 Å². The third-order valence-corrected chi connectivity index (χ3v) is 1.44. The second kappa shape index (κ2) is 8.84. The second-order valence-electron chi connectivity index (χ2n) is 2.05. The van der Waals surface area contributed by atoms with Crippen LogP contribution in [-0.4, -0.2) is 25.4 Å². The van der Waals surface area contributed by atoms with Crippen molar-refractivity contribution in [3.63, 3.8) is 0 Å². The van der Waals surface area contributed by atoms with Gasteiger partial charge in [-0.25, -0.2) is 9.59 Å². The molecule has 9 nitrogen and oxygen atoms in total. The molecule has 16 heavy (non-hydrogen) atoms. The van der Waals surface area contributed by atoms with E-state index >= 15 is 0 Å². The number of carbonyl (C=O) groups is 2. The van der Waals surface area contributed by atoms with Crippen LogP contribution in [0.4, 0.5) is 9.59 Å². The summed E-state index contributed by atoms with van der Waals surface area (Å²) in [5, 5.41) is 0. The summed E-state index contributed by atoms with van der Waals surface area (Å²) >= 11 is 0. The topological polar surface area (TPSA) is 112 Å². The van der Waals surface area contributed by atoms with Gasteiger partial charge in [-0.2, -0.15) is 0 Å². The maximum atomic E-state index is 10.8. The SMILES string of the molecule is CCOC(=O)NO[P+](=O)ONC(=O)OCC. The first-order valence-electron chi connectivity index (χ1n) is 4.26. The molecule has 0 aliphatic rings. The minimum Gasteiger partial charge on any atom is -0.448 e. The van der Waals surface area contributed by atoms with Crippen LogP contribution in [0.2, 0.25) is 0 Å². The molecule has 0 aromatic heterocycles. The molecule has 0 aliphatic carbocycles. The lowest BCUT2D eigenvalue weighted by molar-refractivity contribution is 0.0745. The van der Waals surface area contributed by atoms with Crippen molar-refractivity contribution in [3.05, 3.63) is 0 Å². The number of hydrogen-bond donors (Lipinski definition) is 2. The van der Waals surface area contributed by atoms with Crippen LogP contribution in [0.1, 0.15) is 13.8 Å². The van der Waals surface area contributed by atoms with Crippen LogP contribution >= 0.6 is 8.25 Å². The molecule has 0 saturated heterocycles. The first-order chi connectivity index (χ1) is 7.60. The average molecular weight is 255 g/mol. The maximum absolute atomic E-state index is 10.8. The van der Waals surface area contributed by atoms with Gasteiger partial charge in [-0.05, 0) is 13.8 Å². The Morgan fingerprint density at radius 2 is 1.38 bits per heavy atom. The molecule has 0 unspecified atom stereocenters. The molecule has 0 rings (SSSR count). The molecule has 0 aliphatic heterocycles. The Bertz CT molecular complexity index is 235. The molecular weight excluding hydrogens is 243 g/mol. The molecule has 0 radical (unpaired) electrons. The highest BCUT2D eigenvalue weighted by molar-refractivity contribution is 7.33. The van der Waals surface area contributed by atoms with Crippen molar-refractivity contribution >= 4 is 20.4 Å². The zero-order valence-corrected chi connectivity index (χ0v) is 9.61. The van der Waals surface area contributed by atoms with Gasteiger partial charge >= 0.3 is 20.4 Å². The summed E-state index contributed by atoms with van der Waals surface area (Å²) in [6.45, 7) is 3.43. The standard InChI is InChI=1S/C6H11N2O7P/c1-3-12-5(9)7-14-16(11)15-8-6(10)13-4-2/h3-4H2,1-2H3,(H-,7,8,9,10)/p+1. The van der Waals surface area contributed by atoms with Crippen LogP contribution < -0.4 is 11.0 Å². The summed E-state index contributed by atoms with van der Waals surface area (Å²) in [6.07, 6.45) is -1.85. The monoisotopic (exact) mass is 255 g/mol. The molecule has 92 valence electrons. The molecule has 10 heteroatoms. The third kappa shape index (κ3) is 7.92. The van der Waals surface area contributed by atoms with Gasteiger partial charge in [0.05, 0.1) is 13.2 Å². The fourth-order valence-corrected chi connectivity index (χ4v) is 0.824. The zero-order chi connectivity index (χ0) is 12.4. The van der Waals surface area contributed by atoms with Crippen LogP contribution in [-0.2, 0) is 23.3 Å². The summed E-state index contributed by atoms with van der Waals surface area (Å²) in [5.41, 5.74) is 3.35. The Morgan fingerprint density at radius 1 is 1.00 bits per heavy atom. The first-order valence-corrected chi connectivity index (χ1v) is 5.36. The number of nitrogens with one attached hydrogen (secondary N) is 2. The summed E-state index contributed by atoms with van der Waals surface area (Å²) in [4.78, 5) is 21.3. The van der Waals surface area contributed by atoms with Gasteiger partial charge in [0.2, 0.25) is 0 Å². The van der Waals surface area contributed by atoms with Crippen LogP contribution in [0.3, 0.4) is 0 Å². The quantitative estimate of drug-likeness (QED) is 0.537. The molecule has 0 bridgehead atoms. The van der Waals surface area contributed by atoms with E-state index in [0.717, 1.165) is 0 Å². The Balaban J connectivity index is 3.59. The summed E-state index contributed by atoms with van der Waals surface area (Å²) in [7, 11) is -2.74. The van der Waals surface area contributed by atoms with E-state index in [0.29, 0.717) is 0 Å².